The van der Waals surface area contributed by atoms with Crippen LogP contribution in [0.15, 0.2) is 0 Å². The second kappa shape index (κ2) is 11.0. The van der Waals surface area contributed by atoms with Crippen LogP contribution in [0.1, 0.15) is 64.2 Å². The number of carbonyl (C=O) groups excluding carboxylic acids is 1. The maximum absolute atomic E-state index is 12.4. The van der Waals surface area contributed by atoms with E-state index in [-0.39, 0.29) is 6.03 Å². The molecule has 182 valence electrons. The summed E-state index contributed by atoms with van der Waals surface area (Å²) in [6.45, 7) is 10.6. The molecule has 7 heteroatoms. The number of rotatable bonds is 6. The average Bonchev–Trinajstić information content (AvgIpc) is 2.85. The summed E-state index contributed by atoms with van der Waals surface area (Å²) in [4.78, 5) is 20.5. The van der Waals surface area contributed by atoms with Gasteiger partial charge >= 0.3 is 6.03 Å². The van der Waals surface area contributed by atoms with Gasteiger partial charge < -0.3 is 20.9 Å². The molecule has 3 N–H and O–H groups in total. The summed E-state index contributed by atoms with van der Waals surface area (Å²) in [5.41, 5.74) is 0. The molecule has 1 aliphatic carbocycles. The van der Waals surface area contributed by atoms with Crippen LogP contribution in [0.5, 0.6) is 0 Å². The first kappa shape index (κ1) is 22.9. The quantitative estimate of drug-likeness (QED) is 0.583. The lowest BCUT2D eigenvalue weighted by molar-refractivity contribution is -0.0205. The van der Waals surface area contributed by atoms with Crippen LogP contribution in [0.4, 0.5) is 4.79 Å². The molecule has 6 rings (SSSR count). The van der Waals surface area contributed by atoms with Gasteiger partial charge in [-0.1, -0.05) is 19.3 Å². The fraction of sp³-hybridized carbons (Fsp3) is 0.960. The fourth-order valence-corrected chi connectivity index (χ4v) is 7.10. The first-order valence-corrected chi connectivity index (χ1v) is 13.7. The minimum Gasteiger partial charge on any atom is -0.337 e. The van der Waals surface area contributed by atoms with Crippen LogP contribution in [-0.4, -0.2) is 97.9 Å². The Balaban J connectivity index is 1.02. The summed E-state index contributed by atoms with van der Waals surface area (Å²) in [6.07, 6.45) is 13.5. The number of piperidine rings is 4. The third-order valence-corrected chi connectivity index (χ3v) is 9.08. The number of piperazine rings is 1. The molecular weight excluding hydrogens is 400 g/mol. The van der Waals surface area contributed by atoms with Gasteiger partial charge in [-0.3, -0.25) is 9.80 Å². The highest BCUT2D eigenvalue weighted by Crippen LogP contribution is 2.36. The number of hydrogen-bond donors (Lipinski definition) is 3. The number of urea groups is 1. The van der Waals surface area contributed by atoms with Crippen molar-refractivity contribution in [1.29, 1.82) is 0 Å². The normalized spacial score (nSPS) is 37.3. The summed E-state index contributed by atoms with van der Waals surface area (Å²) in [5.74, 6) is 1.65. The molecule has 6 fully saturated rings. The van der Waals surface area contributed by atoms with E-state index in [1.54, 1.807) is 0 Å². The van der Waals surface area contributed by atoms with Crippen molar-refractivity contribution in [3.05, 3.63) is 0 Å². The van der Waals surface area contributed by atoms with Gasteiger partial charge in [0.2, 0.25) is 0 Å². The highest BCUT2D eigenvalue weighted by Gasteiger charge is 2.41. The second-order valence-electron chi connectivity index (χ2n) is 11.2. The number of hydrogen-bond acceptors (Lipinski definition) is 5. The Labute approximate surface area is 195 Å². The van der Waals surface area contributed by atoms with E-state index in [0.29, 0.717) is 18.2 Å². The van der Waals surface area contributed by atoms with Gasteiger partial charge in [0, 0.05) is 57.9 Å². The number of amides is 2. The van der Waals surface area contributed by atoms with Gasteiger partial charge in [0.15, 0.2) is 0 Å². The lowest BCUT2D eigenvalue weighted by Crippen LogP contribution is -2.60. The van der Waals surface area contributed by atoms with Crippen LogP contribution < -0.4 is 16.0 Å². The van der Waals surface area contributed by atoms with E-state index in [1.807, 2.05) is 0 Å². The number of fused-ring (bicyclic) bond motifs is 3. The maximum atomic E-state index is 12.4. The third kappa shape index (κ3) is 5.78. The van der Waals surface area contributed by atoms with E-state index in [4.69, 9.17) is 0 Å². The van der Waals surface area contributed by atoms with Gasteiger partial charge in [0.25, 0.3) is 0 Å². The minimum atomic E-state index is 0.0569. The van der Waals surface area contributed by atoms with E-state index < -0.39 is 0 Å². The molecule has 0 radical (unpaired) electrons. The first-order chi connectivity index (χ1) is 15.7. The predicted molar refractivity (Wildman–Crippen MR) is 129 cm³/mol. The Morgan fingerprint density at radius 2 is 1.69 bits per heavy atom. The van der Waals surface area contributed by atoms with E-state index in [9.17, 15) is 4.79 Å². The Hall–Kier alpha value is -0.890. The molecule has 5 aliphatic heterocycles. The van der Waals surface area contributed by atoms with Crippen LogP contribution in [0, 0.1) is 11.8 Å². The van der Waals surface area contributed by atoms with Crippen LogP contribution in [-0.2, 0) is 0 Å². The average molecular weight is 447 g/mol. The standard InChI is InChI=1S/C25H46N6O/c32-25(28-22-6-2-1-3-7-22)27-17-23-16-20-9-11-31(23)19-21(20)18-29-12-14-30(15-13-29)24-8-4-5-10-26-24/h20-24,26H,1-19H2,(H2,27,28,32)/t20-,21+,23+,24?/m1/s1. The molecule has 0 aromatic heterocycles. The molecule has 2 amide bonds. The molecule has 0 aromatic rings. The van der Waals surface area contributed by atoms with E-state index in [1.165, 1.54) is 104 Å². The van der Waals surface area contributed by atoms with Crippen LogP contribution in [0.25, 0.3) is 0 Å². The molecule has 5 atom stereocenters. The summed E-state index contributed by atoms with van der Waals surface area (Å²) < 4.78 is 0. The molecule has 32 heavy (non-hydrogen) atoms. The molecular formula is C25H46N6O. The van der Waals surface area contributed by atoms with Crippen molar-refractivity contribution in [2.24, 2.45) is 11.8 Å². The molecule has 0 spiro atoms. The Kier molecular flexibility index (Phi) is 7.88. The summed E-state index contributed by atoms with van der Waals surface area (Å²) in [5, 5.41) is 10.1. The van der Waals surface area contributed by atoms with Gasteiger partial charge in [-0.15, -0.1) is 0 Å². The lowest BCUT2D eigenvalue weighted by atomic mass is 9.75. The zero-order valence-corrected chi connectivity index (χ0v) is 20.1. The molecule has 6 aliphatic rings. The highest BCUT2D eigenvalue weighted by atomic mass is 16.2. The molecule has 7 nitrogen and oxygen atoms in total. The Morgan fingerprint density at radius 1 is 0.875 bits per heavy atom. The number of carbonyl (C=O) groups is 1. The number of nitrogens with one attached hydrogen (secondary N) is 3. The zero-order valence-electron chi connectivity index (χ0n) is 20.1. The smallest absolute Gasteiger partial charge is 0.315 e. The predicted octanol–water partition coefficient (Wildman–Crippen LogP) is 2.05. The minimum absolute atomic E-state index is 0.0569. The molecule has 0 aromatic carbocycles. The highest BCUT2D eigenvalue weighted by molar-refractivity contribution is 5.74. The van der Waals surface area contributed by atoms with Crippen molar-refractivity contribution in [2.75, 3.05) is 58.9 Å². The van der Waals surface area contributed by atoms with E-state index in [2.05, 4.69) is 30.7 Å². The van der Waals surface area contributed by atoms with Crippen molar-refractivity contribution >= 4 is 6.03 Å². The monoisotopic (exact) mass is 446 g/mol. The molecule has 2 unspecified atom stereocenters. The van der Waals surface area contributed by atoms with Gasteiger partial charge in [-0.05, 0) is 69.9 Å². The Bertz CT molecular complexity index is 597. The number of nitrogens with zero attached hydrogens (tertiary/aromatic N) is 3. The third-order valence-electron chi connectivity index (χ3n) is 9.08. The van der Waals surface area contributed by atoms with Gasteiger partial charge in [-0.2, -0.15) is 0 Å². The first-order valence-electron chi connectivity index (χ1n) is 13.7. The molecule has 1 saturated carbocycles. The van der Waals surface area contributed by atoms with Gasteiger partial charge in [0.1, 0.15) is 0 Å². The van der Waals surface area contributed by atoms with Crippen molar-refractivity contribution in [3.8, 4) is 0 Å². The second-order valence-corrected chi connectivity index (χ2v) is 11.2. The SMILES string of the molecule is O=C(NC[C@@H]1C[C@H]2CCN1C[C@@H]2CN1CCN(C2CCCCN2)CC1)NC1CCCCC1. The Morgan fingerprint density at radius 3 is 2.41 bits per heavy atom. The fourth-order valence-electron chi connectivity index (χ4n) is 7.10. The molecule has 5 saturated heterocycles. The lowest BCUT2D eigenvalue weighted by Gasteiger charge is -2.51. The van der Waals surface area contributed by atoms with Crippen molar-refractivity contribution < 1.29 is 4.79 Å². The van der Waals surface area contributed by atoms with Gasteiger partial charge in [0.05, 0.1) is 6.17 Å². The summed E-state index contributed by atoms with van der Waals surface area (Å²) in [7, 11) is 0. The van der Waals surface area contributed by atoms with Crippen LogP contribution >= 0.6 is 0 Å². The topological polar surface area (TPSA) is 62.9 Å². The molecule has 5 heterocycles. The van der Waals surface area contributed by atoms with Crippen molar-refractivity contribution in [2.45, 2.75) is 82.5 Å². The van der Waals surface area contributed by atoms with Crippen LogP contribution in [0.3, 0.4) is 0 Å². The largest absolute Gasteiger partial charge is 0.337 e. The maximum Gasteiger partial charge on any atom is 0.315 e. The van der Waals surface area contributed by atoms with E-state index >= 15 is 0 Å². The molecule has 2 bridgehead atoms. The summed E-state index contributed by atoms with van der Waals surface area (Å²) >= 11 is 0. The van der Waals surface area contributed by atoms with Crippen molar-refractivity contribution in [1.82, 2.24) is 30.7 Å². The van der Waals surface area contributed by atoms with Crippen molar-refractivity contribution in [3.63, 3.8) is 0 Å². The van der Waals surface area contributed by atoms with Crippen LogP contribution in [0.2, 0.25) is 0 Å². The zero-order chi connectivity index (χ0) is 21.8. The van der Waals surface area contributed by atoms with E-state index in [0.717, 1.165) is 31.2 Å². The van der Waals surface area contributed by atoms with Gasteiger partial charge in [-0.25, -0.2) is 4.79 Å². The summed E-state index contributed by atoms with van der Waals surface area (Å²) in [6, 6.07) is 0.989.